The van der Waals surface area contributed by atoms with Gasteiger partial charge < -0.3 is 9.47 Å². The van der Waals surface area contributed by atoms with Crippen molar-refractivity contribution in [1.29, 1.82) is 0 Å². The third-order valence-corrected chi connectivity index (χ3v) is 3.77. The minimum atomic E-state index is -0.157. The number of para-hydroxylation sites is 1. The van der Waals surface area contributed by atoms with E-state index in [0.29, 0.717) is 6.01 Å². The van der Waals surface area contributed by atoms with E-state index in [4.69, 9.17) is 9.47 Å². The number of nitrogens with zero attached hydrogens (tertiary/aromatic N) is 3. The molecule has 3 rings (SSSR count). The highest BCUT2D eigenvalue weighted by atomic mass is 16.5. The molecule has 0 bridgehead atoms. The SMILES string of the molecule is CCN(CC)C1Oc2ccccc2-c2nc(OC)ncc21. The first-order valence-electron chi connectivity index (χ1n) is 7.19. The number of benzene rings is 1. The molecule has 1 aliphatic rings. The fourth-order valence-corrected chi connectivity index (χ4v) is 2.65. The number of hydrogen-bond acceptors (Lipinski definition) is 5. The van der Waals surface area contributed by atoms with Crippen LogP contribution in [0, 0.1) is 0 Å². The summed E-state index contributed by atoms with van der Waals surface area (Å²) in [7, 11) is 1.58. The van der Waals surface area contributed by atoms with Gasteiger partial charge in [0.2, 0.25) is 0 Å². The van der Waals surface area contributed by atoms with E-state index in [1.54, 1.807) is 13.3 Å². The van der Waals surface area contributed by atoms with Gasteiger partial charge in [-0.25, -0.2) is 4.98 Å². The summed E-state index contributed by atoms with van der Waals surface area (Å²) in [5, 5.41) is 0. The lowest BCUT2D eigenvalue weighted by Gasteiger charge is -2.34. The predicted octanol–water partition coefficient (Wildman–Crippen LogP) is 2.89. The number of ether oxygens (including phenoxy) is 2. The van der Waals surface area contributed by atoms with Gasteiger partial charge in [0.1, 0.15) is 5.75 Å². The van der Waals surface area contributed by atoms with Crippen LogP contribution in [0.15, 0.2) is 30.5 Å². The van der Waals surface area contributed by atoms with Crippen molar-refractivity contribution in [3.05, 3.63) is 36.0 Å². The van der Waals surface area contributed by atoms with Crippen LogP contribution in [0.2, 0.25) is 0 Å². The average Bonchev–Trinajstić information content (AvgIpc) is 2.55. The largest absolute Gasteiger partial charge is 0.470 e. The molecule has 110 valence electrons. The minimum absolute atomic E-state index is 0.157. The first-order valence-corrected chi connectivity index (χ1v) is 7.19. The Hall–Kier alpha value is -2.14. The van der Waals surface area contributed by atoms with E-state index in [2.05, 4.69) is 28.7 Å². The number of rotatable bonds is 4. The number of methoxy groups -OCH3 is 1. The molecule has 0 saturated heterocycles. The average molecular weight is 285 g/mol. The maximum absolute atomic E-state index is 6.18. The summed E-state index contributed by atoms with van der Waals surface area (Å²) in [6, 6.07) is 8.33. The third-order valence-electron chi connectivity index (χ3n) is 3.77. The summed E-state index contributed by atoms with van der Waals surface area (Å²) in [6.45, 7) is 6.04. The highest BCUT2D eigenvalue weighted by Crippen LogP contribution is 2.42. The molecule has 0 amide bonds. The molecule has 0 N–H and O–H groups in total. The van der Waals surface area contributed by atoms with E-state index in [-0.39, 0.29) is 6.23 Å². The van der Waals surface area contributed by atoms with E-state index in [9.17, 15) is 0 Å². The van der Waals surface area contributed by atoms with Crippen LogP contribution in [-0.4, -0.2) is 35.1 Å². The molecule has 5 heteroatoms. The van der Waals surface area contributed by atoms with Crippen LogP contribution in [0.25, 0.3) is 11.3 Å². The summed E-state index contributed by atoms with van der Waals surface area (Å²) < 4.78 is 11.3. The van der Waals surface area contributed by atoms with E-state index in [0.717, 1.165) is 35.7 Å². The minimum Gasteiger partial charge on any atom is -0.470 e. The molecule has 2 aromatic rings. The van der Waals surface area contributed by atoms with Crippen LogP contribution in [0.4, 0.5) is 0 Å². The van der Waals surface area contributed by atoms with Gasteiger partial charge in [0.05, 0.1) is 18.4 Å². The van der Waals surface area contributed by atoms with Crippen molar-refractivity contribution in [2.24, 2.45) is 0 Å². The molecule has 5 nitrogen and oxygen atoms in total. The summed E-state index contributed by atoms with van der Waals surface area (Å²) in [5.74, 6) is 0.850. The molecule has 1 aromatic heterocycles. The molecular formula is C16H19N3O2. The second kappa shape index (κ2) is 5.69. The first-order chi connectivity index (χ1) is 10.3. The highest BCUT2D eigenvalue weighted by Gasteiger charge is 2.31. The molecule has 1 unspecified atom stereocenters. The smallest absolute Gasteiger partial charge is 0.316 e. The Morgan fingerprint density at radius 2 is 2.00 bits per heavy atom. The zero-order chi connectivity index (χ0) is 14.8. The maximum atomic E-state index is 6.18. The second-order valence-electron chi connectivity index (χ2n) is 4.85. The summed E-state index contributed by atoms with van der Waals surface area (Å²) in [5.41, 5.74) is 2.86. The van der Waals surface area contributed by atoms with E-state index in [1.807, 2.05) is 24.3 Å². The molecule has 0 saturated carbocycles. The van der Waals surface area contributed by atoms with Crippen LogP contribution < -0.4 is 9.47 Å². The van der Waals surface area contributed by atoms with Gasteiger partial charge in [0.15, 0.2) is 6.23 Å². The van der Waals surface area contributed by atoms with Crippen LogP contribution >= 0.6 is 0 Å². The highest BCUT2D eigenvalue weighted by molar-refractivity contribution is 5.72. The number of hydrogen-bond donors (Lipinski definition) is 0. The van der Waals surface area contributed by atoms with Gasteiger partial charge in [-0.05, 0) is 25.2 Å². The van der Waals surface area contributed by atoms with Gasteiger partial charge in [0, 0.05) is 11.8 Å². The van der Waals surface area contributed by atoms with Crippen LogP contribution in [0.1, 0.15) is 25.6 Å². The Labute approximate surface area is 124 Å². The van der Waals surface area contributed by atoms with E-state index in [1.165, 1.54) is 0 Å². The van der Waals surface area contributed by atoms with Crippen molar-refractivity contribution >= 4 is 0 Å². The summed E-state index contributed by atoms with van der Waals surface area (Å²) in [6.07, 6.45) is 1.65. The maximum Gasteiger partial charge on any atom is 0.316 e. The van der Waals surface area contributed by atoms with Crippen molar-refractivity contribution in [3.63, 3.8) is 0 Å². The fourth-order valence-electron chi connectivity index (χ4n) is 2.65. The molecule has 0 radical (unpaired) electrons. The lowest BCUT2D eigenvalue weighted by molar-refractivity contribution is 0.0285. The van der Waals surface area contributed by atoms with Gasteiger partial charge in [-0.15, -0.1) is 0 Å². The Morgan fingerprint density at radius 1 is 1.24 bits per heavy atom. The molecular weight excluding hydrogens is 266 g/mol. The van der Waals surface area contributed by atoms with Crippen molar-refractivity contribution < 1.29 is 9.47 Å². The second-order valence-corrected chi connectivity index (χ2v) is 4.85. The monoisotopic (exact) mass is 285 g/mol. The predicted molar refractivity (Wildman–Crippen MR) is 80.3 cm³/mol. The van der Waals surface area contributed by atoms with Crippen molar-refractivity contribution in [2.45, 2.75) is 20.1 Å². The lowest BCUT2D eigenvalue weighted by Crippen LogP contribution is -2.34. The van der Waals surface area contributed by atoms with E-state index >= 15 is 0 Å². The topological polar surface area (TPSA) is 47.5 Å². The quantitative estimate of drug-likeness (QED) is 0.864. The van der Waals surface area contributed by atoms with Crippen molar-refractivity contribution in [1.82, 2.24) is 14.9 Å². The number of aromatic nitrogens is 2. The number of fused-ring (bicyclic) bond motifs is 3. The Balaban J connectivity index is 2.16. The molecule has 0 aliphatic carbocycles. The first kappa shape index (κ1) is 13.8. The molecule has 1 atom stereocenters. The standard InChI is InChI=1S/C16H19N3O2/c1-4-19(5-2)15-12-10-17-16(20-3)18-14(12)11-8-6-7-9-13(11)21-15/h6-10,15H,4-5H2,1-3H3. The Kier molecular flexibility index (Phi) is 3.75. The zero-order valence-corrected chi connectivity index (χ0v) is 12.5. The zero-order valence-electron chi connectivity index (χ0n) is 12.5. The fraction of sp³-hybridized carbons (Fsp3) is 0.375. The van der Waals surface area contributed by atoms with Crippen LogP contribution in [0.3, 0.4) is 0 Å². The van der Waals surface area contributed by atoms with Crippen LogP contribution in [0.5, 0.6) is 11.8 Å². The normalized spacial score (nSPS) is 16.1. The molecule has 21 heavy (non-hydrogen) atoms. The van der Waals surface area contributed by atoms with Gasteiger partial charge in [-0.1, -0.05) is 26.0 Å². The third kappa shape index (κ3) is 2.34. The molecule has 0 fully saturated rings. The Bertz CT molecular complexity index is 641. The van der Waals surface area contributed by atoms with Crippen molar-refractivity contribution in [3.8, 4) is 23.0 Å². The van der Waals surface area contributed by atoms with E-state index < -0.39 is 0 Å². The summed E-state index contributed by atoms with van der Waals surface area (Å²) >= 11 is 0. The van der Waals surface area contributed by atoms with Gasteiger partial charge in [-0.2, -0.15) is 4.98 Å². The van der Waals surface area contributed by atoms with Crippen molar-refractivity contribution in [2.75, 3.05) is 20.2 Å². The van der Waals surface area contributed by atoms with Crippen LogP contribution in [-0.2, 0) is 0 Å². The summed E-state index contributed by atoms with van der Waals surface area (Å²) in [4.78, 5) is 11.0. The molecule has 0 spiro atoms. The molecule has 1 aliphatic heterocycles. The van der Waals surface area contributed by atoms with Gasteiger partial charge in [0.25, 0.3) is 0 Å². The molecule has 1 aromatic carbocycles. The van der Waals surface area contributed by atoms with Gasteiger partial charge >= 0.3 is 6.01 Å². The lowest BCUT2D eigenvalue weighted by atomic mass is 10.0. The van der Waals surface area contributed by atoms with Gasteiger partial charge in [-0.3, -0.25) is 4.90 Å². The Morgan fingerprint density at radius 3 is 2.71 bits per heavy atom. The molecule has 2 heterocycles.